The van der Waals surface area contributed by atoms with Crippen molar-refractivity contribution in [1.29, 1.82) is 0 Å². The Hall–Kier alpha value is -2.44. The predicted molar refractivity (Wildman–Crippen MR) is 86.9 cm³/mol. The number of carbonyl (C=O) groups excluding carboxylic acids is 1. The summed E-state index contributed by atoms with van der Waals surface area (Å²) >= 11 is 0. The molecule has 1 aliphatic rings. The number of aromatic nitrogens is 3. The summed E-state index contributed by atoms with van der Waals surface area (Å²) in [5.41, 5.74) is 2.67. The topological polar surface area (TPSA) is 81.4 Å². The molecule has 0 aliphatic heterocycles. The summed E-state index contributed by atoms with van der Waals surface area (Å²) < 4.78 is 10.9. The molecule has 24 heavy (non-hydrogen) atoms. The molecule has 2 heterocycles. The largest absolute Gasteiger partial charge is 0.480 e. The number of hydrogen-bond donors (Lipinski definition) is 0. The van der Waals surface area contributed by atoms with Crippen molar-refractivity contribution >= 4 is 5.91 Å². The van der Waals surface area contributed by atoms with Gasteiger partial charge in [-0.2, -0.15) is 0 Å². The number of nitrogens with zero attached hydrogens (tertiary/aromatic N) is 4. The Balaban J connectivity index is 1.85. The van der Waals surface area contributed by atoms with Crippen LogP contribution in [0.4, 0.5) is 0 Å². The number of fused-ring (bicyclic) bond motifs is 1. The van der Waals surface area contributed by atoms with Gasteiger partial charge in [-0.1, -0.05) is 6.92 Å². The lowest BCUT2D eigenvalue weighted by Crippen LogP contribution is -2.31. The van der Waals surface area contributed by atoms with Crippen molar-refractivity contribution < 1.29 is 13.9 Å². The molecular weight excluding hydrogens is 308 g/mol. The highest BCUT2D eigenvalue weighted by atomic mass is 16.5. The molecule has 0 radical (unpaired) electrons. The van der Waals surface area contributed by atoms with E-state index in [4.69, 9.17) is 9.15 Å². The van der Waals surface area contributed by atoms with Gasteiger partial charge in [0.05, 0.1) is 13.7 Å². The minimum atomic E-state index is -0.132. The summed E-state index contributed by atoms with van der Waals surface area (Å²) in [7, 11) is 1.54. The zero-order chi connectivity index (χ0) is 17.1. The maximum Gasteiger partial charge on any atom is 0.259 e. The van der Waals surface area contributed by atoms with E-state index >= 15 is 0 Å². The van der Waals surface area contributed by atoms with Gasteiger partial charge >= 0.3 is 0 Å². The second-order valence-corrected chi connectivity index (χ2v) is 5.77. The zero-order valence-corrected chi connectivity index (χ0v) is 14.3. The Morgan fingerprint density at radius 2 is 2.08 bits per heavy atom. The fraction of sp³-hybridized carbons (Fsp3) is 0.529. The average molecular weight is 330 g/mol. The first kappa shape index (κ1) is 16.4. The van der Waals surface area contributed by atoms with Crippen LogP contribution in [0.15, 0.2) is 10.5 Å². The van der Waals surface area contributed by atoms with Gasteiger partial charge in [0.1, 0.15) is 5.56 Å². The molecule has 0 aromatic carbocycles. The van der Waals surface area contributed by atoms with E-state index in [0.717, 1.165) is 30.5 Å². The molecule has 1 aliphatic carbocycles. The van der Waals surface area contributed by atoms with Crippen molar-refractivity contribution in [2.75, 3.05) is 13.7 Å². The molecule has 7 nitrogen and oxygen atoms in total. The fourth-order valence-electron chi connectivity index (χ4n) is 2.92. The molecular formula is C17H22N4O3. The highest BCUT2D eigenvalue weighted by Gasteiger charge is 2.25. The molecule has 0 unspecified atom stereocenters. The van der Waals surface area contributed by atoms with Gasteiger partial charge in [0.25, 0.3) is 5.91 Å². The van der Waals surface area contributed by atoms with E-state index in [-0.39, 0.29) is 12.5 Å². The van der Waals surface area contributed by atoms with Crippen LogP contribution in [-0.2, 0) is 25.8 Å². The van der Waals surface area contributed by atoms with Gasteiger partial charge in [0.2, 0.25) is 17.7 Å². The van der Waals surface area contributed by atoms with Crippen LogP contribution < -0.4 is 4.74 Å². The minimum absolute atomic E-state index is 0.132. The Labute approximate surface area is 141 Å². The summed E-state index contributed by atoms with van der Waals surface area (Å²) in [5, 5.41) is 7.94. The van der Waals surface area contributed by atoms with Gasteiger partial charge in [-0.05, 0) is 37.8 Å². The molecule has 0 saturated heterocycles. The number of rotatable bonds is 6. The summed E-state index contributed by atoms with van der Waals surface area (Å²) in [4.78, 5) is 19.1. The van der Waals surface area contributed by atoms with Crippen LogP contribution >= 0.6 is 0 Å². The van der Waals surface area contributed by atoms with Crippen LogP contribution in [0.5, 0.6) is 5.88 Å². The first-order valence-electron chi connectivity index (χ1n) is 8.33. The molecule has 0 bridgehead atoms. The van der Waals surface area contributed by atoms with Crippen molar-refractivity contribution in [2.24, 2.45) is 0 Å². The third-order valence-corrected chi connectivity index (χ3v) is 4.25. The quantitative estimate of drug-likeness (QED) is 0.807. The maximum absolute atomic E-state index is 13.0. The minimum Gasteiger partial charge on any atom is -0.480 e. The standard InChI is InChI=1S/C17H22N4O3/c1-4-14-19-20-15(24-14)10-21(5-2)17(22)12-9-11-7-6-8-13(11)18-16(12)23-3/h9H,4-8,10H2,1-3H3. The Bertz CT molecular complexity index is 741. The summed E-state index contributed by atoms with van der Waals surface area (Å²) in [6.07, 6.45) is 3.65. The van der Waals surface area contributed by atoms with E-state index in [1.807, 2.05) is 19.9 Å². The van der Waals surface area contributed by atoms with Crippen molar-refractivity contribution in [1.82, 2.24) is 20.1 Å². The monoisotopic (exact) mass is 330 g/mol. The number of ether oxygens (including phenoxy) is 1. The first-order valence-corrected chi connectivity index (χ1v) is 8.33. The van der Waals surface area contributed by atoms with Crippen LogP contribution in [0.3, 0.4) is 0 Å². The summed E-state index contributed by atoms with van der Waals surface area (Å²) in [6.45, 7) is 4.68. The van der Waals surface area contributed by atoms with Crippen LogP contribution in [0.1, 0.15) is 53.7 Å². The molecule has 7 heteroatoms. The number of carbonyl (C=O) groups is 1. The lowest BCUT2D eigenvalue weighted by molar-refractivity contribution is 0.0733. The predicted octanol–water partition coefficient (Wildman–Crippen LogP) is 2.19. The molecule has 2 aromatic heterocycles. The lowest BCUT2D eigenvalue weighted by atomic mass is 10.1. The molecule has 0 spiro atoms. The first-order chi connectivity index (χ1) is 11.7. The van der Waals surface area contributed by atoms with Crippen molar-refractivity contribution in [3.8, 4) is 5.88 Å². The van der Waals surface area contributed by atoms with E-state index < -0.39 is 0 Å². The van der Waals surface area contributed by atoms with E-state index in [9.17, 15) is 4.79 Å². The lowest BCUT2D eigenvalue weighted by Gasteiger charge is -2.20. The number of pyridine rings is 1. The van der Waals surface area contributed by atoms with E-state index in [1.54, 1.807) is 12.0 Å². The van der Waals surface area contributed by atoms with Crippen LogP contribution in [0.25, 0.3) is 0 Å². The molecule has 1 amide bonds. The molecule has 3 rings (SSSR count). The number of aryl methyl sites for hydroxylation is 3. The number of amides is 1. The third kappa shape index (κ3) is 3.11. The van der Waals surface area contributed by atoms with Gasteiger partial charge in [0, 0.05) is 18.7 Å². The van der Waals surface area contributed by atoms with Gasteiger partial charge in [-0.25, -0.2) is 4.98 Å². The smallest absolute Gasteiger partial charge is 0.259 e. The van der Waals surface area contributed by atoms with E-state index in [0.29, 0.717) is 36.2 Å². The maximum atomic E-state index is 13.0. The Morgan fingerprint density at radius 1 is 1.29 bits per heavy atom. The molecule has 0 N–H and O–H groups in total. The van der Waals surface area contributed by atoms with Crippen molar-refractivity contribution in [3.05, 3.63) is 34.7 Å². The number of methoxy groups -OCH3 is 1. The highest BCUT2D eigenvalue weighted by molar-refractivity contribution is 5.96. The van der Waals surface area contributed by atoms with Crippen molar-refractivity contribution in [3.63, 3.8) is 0 Å². The van der Waals surface area contributed by atoms with Crippen LogP contribution in [0.2, 0.25) is 0 Å². The van der Waals surface area contributed by atoms with E-state index in [2.05, 4.69) is 15.2 Å². The average Bonchev–Trinajstić information content (AvgIpc) is 3.26. The third-order valence-electron chi connectivity index (χ3n) is 4.25. The number of hydrogen-bond acceptors (Lipinski definition) is 6. The molecule has 128 valence electrons. The fourth-order valence-corrected chi connectivity index (χ4v) is 2.92. The highest BCUT2D eigenvalue weighted by Crippen LogP contribution is 2.27. The van der Waals surface area contributed by atoms with E-state index in [1.165, 1.54) is 0 Å². The van der Waals surface area contributed by atoms with Crippen molar-refractivity contribution in [2.45, 2.75) is 46.1 Å². The van der Waals surface area contributed by atoms with Crippen LogP contribution in [-0.4, -0.2) is 39.6 Å². The summed E-state index contributed by atoms with van der Waals surface area (Å²) in [6, 6.07) is 1.92. The SMILES string of the molecule is CCc1nnc(CN(CC)C(=O)c2cc3c(nc2OC)CCC3)o1. The zero-order valence-electron chi connectivity index (χ0n) is 14.3. The van der Waals surface area contributed by atoms with Gasteiger partial charge in [-0.3, -0.25) is 4.79 Å². The van der Waals surface area contributed by atoms with Gasteiger partial charge in [0.15, 0.2) is 0 Å². The normalized spacial score (nSPS) is 13.0. The van der Waals surface area contributed by atoms with Gasteiger partial charge in [-0.15, -0.1) is 10.2 Å². The molecule has 0 fully saturated rings. The Morgan fingerprint density at radius 3 is 2.75 bits per heavy atom. The molecule has 2 aromatic rings. The Kier molecular flexibility index (Phi) is 4.78. The van der Waals surface area contributed by atoms with Crippen LogP contribution in [0, 0.1) is 0 Å². The molecule has 0 saturated carbocycles. The second kappa shape index (κ2) is 6.98. The second-order valence-electron chi connectivity index (χ2n) is 5.77. The summed E-state index contributed by atoms with van der Waals surface area (Å²) in [5.74, 6) is 1.27. The van der Waals surface area contributed by atoms with Gasteiger partial charge < -0.3 is 14.1 Å². The molecule has 0 atom stereocenters.